The minimum Gasteiger partial charge on any atom is -0.493 e. The highest BCUT2D eigenvalue weighted by Gasteiger charge is 2.20. The monoisotopic (exact) mass is 666 g/mol. The molecule has 48 heavy (non-hydrogen) atoms. The van der Waals surface area contributed by atoms with Gasteiger partial charge in [-0.3, -0.25) is 19.0 Å². The summed E-state index contributed by atoms with van der Waals surface area (Å²) < 4.78 is 23.2. The average Bonchev–Trinajstić information content (AvgIpc) is 3.58. The Bertz CT molecular complexity index is 2000. The summed E-state index contributed by atoms with van der Waals surface area (Å²) in [6.07, 6.45) is 0.618. The molecular formula is C36H34N4O7S. The van der Waals surface area contributed by atoms with E-state index in [1.807, 2.05) is 48.5 Å². The molecule has 0 saturated carbocycles. The Hall–Kier alpha value is -5.49. The average molecular weight is 667 g/mol. The van der Waals surface area contributed by atoms with E-state index in [-0.39, 0.29) is 36.5 Å². The van der Waals surface area contributed by atoms with Crippen LogP contribution in [0.25, 0.3) is 10.9 Å². The van der Waals surface area contributed by atoms with Gasteiger partial charge in [0.2, 0.25) is 12.7 Å². The van der Waals surface area contributed by atoms with Gasteiger partial charge in [-0.2, -0.15) is 0 Å². The van der Waals surface area contributed by atoms with Gasteiger partial charge < -0.3 is 29.6 Å². The van der Waals surface area contributed by atoms with Gasteiger partial charge in [-0.1, -0.05) is 60.3 Å². The van der Waals surface area contributed by atoms with Gasteiger partial charge in [0.15, 0.2) is 28.2 Å². The number of aromatic nitrogens is 2. The molecule has 2 N–H and O–H groups in total. The standard InChI is InChI=1S/C36H34N4O7S/c1-44-29-13-10-23(16-30(29)45-2)14-15-37-34(42)26-11-8-25(9-12-26)20-40-35(43)27-17-31-32(47-22-46-31)18-28(27)39-36(40)48-21-33(41)38-19-24-6-4-3-5-7-24/h3-13,16-18H,14-15,19-22H2,1-2H3,(H,37,42)(H,38,41). The fourth-order valence-corrected chi connectivity index (χ4v) is 6.05. The molecule has 0 spiro atoms. The zero-order valence-electron chi connectivity index (χ0n) is 26.5. The number of hydrogen-bond acceptors (Lipinski definition) is 9. The molecular weight excluding hydrogens is 632 g/mol. The molecule has 1 aliphatic heterocycles. The van der Waals surface area contributed by atoms with Crippen molar-refractivity contribution in [3.05, 3.63) is 118 Å². The molecule has 0 fully saturated rings. The second-order valence-electron chi connectivity index (χ2n) is 11.0. The lowest BCUT2D eigenvalue weighted by Crippen LogP contribution is -2.27. The van der Waals surface area contributed by atoms with Crippen molar-refractivity contribution >= 4 is 34.5 Å². The third-order valence-corrected chi connectivity index (χ3v) is 8.76. The molecule has 2 amide bonds. The van der Waals surface area contributed by atoms with E-state index in [0.717, 1.165) is 16.7 Å². The number of ether oxygens (including phenoxy) is 4. The number of carbonyl (C=O) groups excluding carboxylic acids is 2. The smallest absolute Gasteiger partial charge is 0.262 e. The molecule has 0 aliphatic carbocycles. The number of nitrogens with zero attached hydrogens (tertiary/aromatic N) is 2. The molecule has 6 rings (SSSR count). The minimum absolute atomic E-state index is 0.0672. The van der Waals surface area contributed by atoms with Gasteiger partial charge in [-0.25, -0.2) is 4.98 Å². The van der Waals surface area contributed by atoms with Crippen molar-refractivity contribution < 1.29 is 28.5 Å². The van der Waals surface area contributed by atoms with E-state index in [4.69, 9.17) is 23.9 Å². The number of benzene rings is 4. The van der Waals surface area contributed by atoms with Crippen molar-refractivity contribution in [2.45, 2.75) is 24.7 Å². The normalized spacial score (nSPS) is 11.7. The number of thioether (sulfide) groups is 1. The highest BCUT2D eigenvalue weighted by molar-refractivity contribution is 7.99. The molecule has 4 aromatic carbocycles. The highest BCUT2D eigenvalue weighted by atomic mass is 32.2. The topological polar surface area (TPSA) is 130 Å². The van der Waals surface area contributed by atoms with Gasteiger partial charge in [-0.15, -0.1) is 0 Å². The molecule has 11 nitrogen and oxygen atoms in total. The number of nitrogens with one attached hydrogen (secondary N) is 2. The Balaban J connectivity index is 1.15. The van der Waals surface area contributed by atoms with Gasteiger partial charge in [0.05, 0.1) is 37.4 Å². The van der Waals surface area contributed by atoms with Crippen LogP contribution in [0.5, 0.6) is 23.0 Å². The summed E-state index contributed by atoms with van der Waals surface area (Å²) in [5.74, 6) is 1.96. The fourth-order valence-electron chi connectivity index (χ4n) is 5.22. The van der Waals surface area contributed by atoms with Gasteiger partial charge in [0.1, 0.15) is 0 Å². The molecule has 2 heterocycles. The second kappa shape index (κ2) is 14.9. The van der Waals surface area contributed by atoms with Crippen LogP contribution >= 0.6 is 11.8 Å². The predicted molar refractivity (Wildman–Crippen MR) is 182 cm³/mol. The molecule has 0 bridgehead atoms. The highest BCUT2D eigenvalue weighted by Crippen LogP contribution is 2.35. The van der Waals surface area contributed by atoms with Crippen LogP contribution < -0.4 is 35.1 Å². The van der Waals surface area contributed by atoms with Crippen molar-refractivity contribution in [2.75, 3.05) is 33.3 Å². The molecule has 0 atom stereocenters. The summed E-state index contributed by atoms with van der Waals surface area (Å²) >= 11 is 1.18. The Morgan fingerprint density at radius 1 is 0.854 bits per heavy atom. The summed E-state index contributed by atoms with van der Waals surface area (Å²) in [5.41, 5.74) is 3.45. The number of amides is 2. The van der Waals surface area contributed by atoms with E-state index >= 15 is 0 Å². The van der Waals surface area contributed by atoms with Crippen LogP contribution in [0.15, 0.2) is 94.9 Å². The van der Waals surface area contributed by atoms with Crippen LogP contribution in [-0.2, 0) is 24.3 Å². The number of fused-ring (bicyclic) bond motifs is 2. The molecule has 1 aromatic heterocycles. The Morgan fingerprint density at radius 3 is 2.33 bits per heavy atom. The Kier molecular flexibility index (Phi) is 10.1. The van der Waals surface area contributed by atoms with Gasteiger partial charge in [0.25, 0.3) is 11.5 Å². The molecule has 12 heteroatoms. The van der Waals surface area contributed by atoms with Crippen molar-refractivity contribution in [2.24, 2.45) is 0 Å². The van der Waals surface area contributed by atoms with E-state index < -0.39 is 0 Å². The Morgan fingerprint density at radius 2 is 1.58 bits per heavy atom. The second-order valence-corrected chi connectivity index (χ2v) is 11.9. The lowest BCUT2D eigenvalue weighted by Gasteiger charge is -2.14. The van der Waals surface area contributed by atoms with Crippen LogP contribution in [0.1, 0.15) is 27.0 Å². The first kappa shape index (κ1) is 32.5. The molecule has 0 saturated heterocycles. The summed E-state index contributed by atoms with van der Waals surface area (Å²) in [4.78, 5) is 44.2. The predicted octanol–water partition coefficient (Wildman–Crippen LogP) is 4.57. The lowest BCUT2D eigenvalue weighted by atomic mass is 10.1. The minimum atomic E-state index is -0.275. The zero-order valence-corrected chi connectivity index (χ0v) is 27.3. The van der Waals surface area contributed by atoms with Crippen LogP contribution in [0, 0.1) is 0 Å². The largest absolute Gasteiger partial charge is 0.493 e. The summed E-state index contributed by atoms with van der Waals surface area (Å²) in [7, 11) is 3.17. The zero-order chi connectivity index (χ0) is 33.5. The van der Waals surface area contributed by atoms with Crippen molar-refractivity contribution in [3.63, 3.8) is 0 Å². The summed E-state index contributed by atoms with van der Waals surface area (Å²) in [5, 5.41) is 6.63. The third-order valence-electron chi connectivity index (χ3n) is 7.78. The Labute approximate surface area is 281 Å². The first-order chi connectivity index (χ1) is 23.4. The molecule has 0 unspecified atom stereocenters. The molecule has 0 radical (unpaired) electrons. The van der Waals surface area contributed by atoms with Crippen LogP contribution in [0.3, 0.4) is 0 Å². The number of carbonyl (C=O) groups is 2. The first-order valence-corrected chi connectivity index (χ1v) is 16.3. The van der Waals surface area contributed by atoms with Crippen LogP contribution in [0.4, 0.5) is 0 Å². The van der Waals surface area contributed by atoms with Crippen molar-refractivity contribution in [1.82, 2.24) is 20.2 Å². The number of hydrogen-bond donors (Lipinski definition) is 2. The van der Waals surface area contributed by atoms with E-state index in [0.29, 0.717) is 64.1 Å². The molecule has 5 aromatic rings. The van der Waals surface area contributed by atoms with E-state index in [9.17, 15) is 14.4 Å². The lowest BCUT2D eigenvalue weighted by molar-refractivity contribution is -0.118. The maximum atomic E-state index is 13.8. The summed E-state index contributed by atoms with van der Waals surface area (Å²) in [6, 6.07) is 25.7. The van der Waals surface area contributed by atoms with Gasteiger partial charge >= 0.3 is 0 Å². The molecule has 1 aliphatic rings. The van der Waals surface area contributed by atoms with E-state index in [1.165, 1.54) is 16.3 Å². The SMILES string of the molecule is COc1ccc(CCNC(=O)c2ccc(Cn3c(SCC(=O)NCc4ccccc4)nc4cc5c(cc4c3=O)OCO5)cc2)cc1OC. The third kappa shape index (κ3) is 7.55. The maximum absolute atomic E-state index is 13.8. The quantitative estimate of drug-likeness (QED) is 0.137. The van der Waals surface area contributed by atoms with Crippen molar-refractivity contribution in [3.8, 4) is 23.0 Å². The number of methoxy groups -OCH3 is 2. The van der Waals surface area contributed by atoms with Gasteiger partial charge in [0, 0.05) is 24.7 Å². The summed E-state index contributed by atoms with van der Waals surface area (Å²) in [6.45, 7) is 1.09. The fraction of sp³-hybridized carbons (Fsp3) is 0.222. The molecule has 246 valence electrons. The van der Waals surface area contributed by atoms with E-state index in [1.54, 1.807) is 50.6 Å². The van der Waals surface area contributed by atoms with Crippen molar-refractivity contribution in [1.29, 1.82) is 0 Å². The van der Waals surface area contributed by atoms with Crippen LogP contribution in [0.2, 0.25) is 0 Å². The maximum Gasteiger partial charge on any atom is 0.262 e. The number of rotatable bonds is 13. The van der Waals surface area contributed by atoms with Gasteiger partial charge in [-0.05, 0) is 53.4 Å². The van der Waals surface area contributed by atoms with Crippen LogP contribution in [-0.4, -0.2) is 54.7 Å². The van der Waals surface area contributed by atoms with E-state index in [2.05, 4.69) is 10.6 Å². The first-order valence-electron chi connectivity index (χ1n) is 15.3.